The normalized spacial score (nSPS) is 44.5. The van der Waals surface area contributed by atoms with Crippen LogP contribution in [-0.4, -0.2) is 53.0 Å². The van der Waals surface area contributed by atoms with Crippen molar-refractivity contribution in [3.05, 3.63) is 23.5 Å². The van der Waals surface area contributed by atoms with Gasteiger partial charge in [-0.1, -0.05) is 13.8 Å². The summed E-state index contributed by atoms with van der Waals surface area (Å²) in [6.07, 6.45) is 2.44. The molecule has 0 aliphatic carbocycles. The Balaban J connectivity index is 1.84. The third kappa shape index (κ3) is 2.69. The van der Waals surface area contributed by atoms with Crippen LogP contribution in [0.25, 0.3) is 0 Å². The summed E-state index contributed by atoms with van der Waals surface area (Å²) in [5, 5.41) is 11.6. The van der Waals surface area contributed by atoms with Gasteiger partial charge in [-0.2, -0.15) is 0 Å². The highest BCUT2D eigenvalue weighted by Crippen LogP contribution is 2.61. The number of fused-ring (bicyclic) bond motifs is 2. The lowest BCUT2D eigenvalue weighted by Gasteiger charge is -2.38. The molecule has 4 aliphatic rings. The van der Waals surface area contributed by atoms with Crippen LogP contribution in [0.4, 0.5) is 0 Å². The van der Waals surface area contributed by atoms with Crippen LogP contribution in [0.15, 0.2) is 23.5 Å². The topological polar surface area (TPSA) is 108 Å². The Hall–Kier alpha value is -2.19. The SMILES string of the molecule is CCC(C)[C@@]1(O)OC2C[C@@]3(C)OC(=CC3=O)/C(COC(C)=O)=C\[C@H]3OC(=O)[C@@]1(C)C23. The van der Waals surface area contributed by atoms with Gasteiger partial charge in [0.1, 0.15) is 23.9 Å². The van der Waals surface area contributed by atoms with Crippen LogP contribution in [-0.2, 0) is 33.3 Å². The molecule has 0 aromatic carbocycles. The van der Waals surface area contributed by atoms with Gasteiger partial charge >= 0.3 is 11.9 Å². The van der Waals surface area contributed by atoms with E-state index in [2.05, 4.69) is 0 Å². The predicted octanol–water partition coefficient (Wildman–Crippen LogP) is 1.80. The van der Waals surface area contributed by atoms with Gasteiger partial charge in [-0.3, -0.25) is 14.4 Å². The van der Waals surface area contributed by atoms with Crippen molar-refractivity contribution >= 4 is 17.7 Å². The summed E-state index contributed by atoms with van der Waals surface area (Å²) in [5.74, 6) is -3.56. The molecule has 0 aromatic heterocycles. The second-order valence-electron chi connectivity index (χ2n) is 9.14. The number of aliphatic hydroxyl groups is 1. The second-order valence-corrected chi connectivity index (χ2v) is 9.14. The Labute approximate surface area is 175 Å². The Morgan fingerprint density at radius 3 is 2.70 bits per heavy atom. The first-order chi connectivity index (χ1) is 14.0. The van der Waals surface area contributed by atoms with Crippen molar-refractivity contribution in [3.63, 3.8) is 0 Å². The molecule has 164 valence electrons. The van der Waals surface area contributed by atoms with Crippen LogP contribution in [0, 0.1) is 17.3 Å². The van der Waals surface area contributed by atoms with E-state index in [1.807, 2.05) is 13.8 Å². The minimum absolute atomic E-state index is 0.122. The summed E-state index contributed by atoms with van der Waals surface area (Å²) < 4.78 is 23.1. The molecular weight excluding hydrogens is 392 g/mol. The fourth-order valence-electron chi connectivity index (χ4n) is 5.25. The number of ketones is 1. The highest BCUT2D eigenvalue weighted by atomic mass is 16.7. The van der Waals surface area contributed by atoms with Crippen LogP contribution in [0.5, 0.6) is 0 Å². The molecule has 2 fully saturated rings. The van der Waals surface area contributed by atoms with Gasteiger partial charge in [-0.25, -0.2) is 0 Å². The zero-order chi connectivity index (χ0) is 22.1. The molecule has 4 aliphatic heterocycles. The van der Waals surface area contributed by atoms with E-state index in [-0.39, 0.29) is 24.7 Å². The molecule has 7 atom stereocenters. The van der Waals surface area contributed by atoms with E-state index in [0.717, 1.165) is 0 Å². The molecule has 2 bridgehead atoms. The number of esters is 2. The first kappa shape index (κ1) is 21.1. The number of carbonyl (C=O) groups excluding carboxylic acids is 3. The van der Waals surface area contributed by atoms with Crippen molar-refractivity contribution in [3.8, 4) is 0 Å². The highest BCUT2D eigenvalue weighted by molar-refractivity contribution is 6.00. The smallest absolute Gasteiger partial charge is 0.318 e. The van der Waals surface area contributed by atoms with Crippen LogP contribution >= 0.6 is 0 Å². The van der Waals surface area contributed by atoms with E-state index in [1.165, 1.54) is 13.0 Å². The predicted molar refractivity (Wildman–Crippen MR) is 103 cm³/mol. The van der Waals surface area contributed by atoms with E-state index in [0.29, 0.717) is 17.8 Å². The number of carbonyl (C=O) groups is 3. The maximum Gasteiger partial charge on any atom is 0.318 e. The van der Waals surface area contributed by atoms with Gasteiger partial charge in [0.15, 0.2) is 11.4 Å². The van der Waals surface area contributed by atoms with Crippen LogP contribution < -0.4 is 0 Å². The van der Waals surface area contributed by atoms with Gasteiger partial charge in [-0.05, 0) is 26.3 Å². The van der Waals surface area contributed by atoms with Crippen molar-refractivity contribution in [2.75, 3.05) is 6.61 Å². The molecule has 2 saturated heterocycles. The number of hydrogen-bond acceptors (Lipinski definition) is 8. The fourth-order valence-corrected chi connectivity index (χ4v) is 5.25. The summed E-state index contributed by atoms with van der Waals surface area (Å²) in [4.78, 5) is 37.2. The van der Waals surface area contributed by atoms with E-state index in [9.17, 15) is 19.5 Å². The zero-order valence-corrected chi connectivity index (χ0v) is 17.9. The van der Waals surface area contributed by atoms with Gasteiger partial charge in [0.2, 0.25) is 5.78 Å². The lowest BCUT2D eigenvalue weighted by Crippen LogP contribution is -2.53. The summed E-state index contributed by atoms with van der Waals surface area (Å²) in [6, 6.07) is 0. The molecule has 0 amide bonds. The summed E-state index contributed by atoms with van der Waals surface area (Å²) in [7, 11) is 0. The van der Waals surface area contributed by atoms with Crippen LogP contribution in [0.2, 0.25) is 0 Å². The quantitative estimate of drug-likeness (QED) is 0.686. The summed E-state index contributed by atoms with van der Waals surface area (Å²) in [5.41, 5.74) is -2.07. The Kier molecular flexibility index (Phi) is 4.67. The van der Waals surface area contributed by atoms with Gasteiger partial charge in [0.05, 0.1) is 6.10 Å². The molecule has 0 radical (unpaired) electrons. The second kappa shape index (κ2) is 6.65. The van der Waals surface area contributed by atoms with Crippen molar-refractivity contribution < 1.29 is 38.4 Å². The molecule has 0 spiro atoms. The maximum atomic E-state index is 13.1. The largest absolute Gasteiger partial charge is 0.479 e. The number of rotatable bonds is 4. The van der Waals surface area contributed by atoms with Crippen LogP contribution in [0.3, 0.4) is 0 Å². The Bertz CT molecular complexity index is 874. The van der Waals surface area contributed by atoms with Crippen LogP contribution in [0.1, 0.15) is 47.5 Å². The lowest BCUT2D eigenvalue weighted by atomic mass is 9.66. The molecule has 30 heavy (non-hydrogen) atoms. The monoisotopic (exact) mass is 420 g/mol. The molecule has 0 saturated carbocycles. The molecule has 4 rings (SSSR count). The first-order valence-electron chi connectivity index (χ1n) is 10.4. The standard InChI is InChI=1S/C22H28O8/c1-6-11(2)22(26)21(5)18-15(28-19(21)25)7-13(10-27-12(3)23)14-8-17(24)20(4,29-14)9-16(18)30-22/h7-8,11,15-16,18,26H,6,9-10H2,1-5H3/b13-7-/t11?,15-,16?,18?,20-,21-,22-/m1/s1. The molecular formula is C22H28O8. The third-order valence-corrected chi connectivity index (χ3v) is 7.27. The third-order valence-electron chi connectivity index (χ3n) is 7.27. The van der Waals surface area contributed by atoms with E-state index >= 15 is 0 Å². The van der Waals surface area contributed by atoms with Crippen molar-refractivity contribution in [1.82, 2.24) is 0 Å². The average Bonchev–Trinajstić information content (AvgIpc) is 3.20. The molecule has 4 heterocycles. The average molecular weight is 420 g/mol. The Morgan fingerprint density at radius 2 is 2.07 bits per heavy atom. The summed E-state index contributed by atoms with van der Waals surface area (Å²) in [6.45, 7) is 8.25. The highest BCUT2D eigenvalue weighted by Gasteiger charge is 2.75. The molecule has 1 N–H and O–H groups in total. The maximum absolute atomic E-state index is 13.1. The number of hydrogen-bond donors (Lipinski definition) is 1. The molecule has 0 aromatic rings. The van der Waals surface area contributed by atoms with E-state index in [1.54, 1.807) is 19.9 Å². The van der Waals surface area contributed by atoms with E-state index < -0.39 is 46.9 Å². The fraction of sp³-hybridized carbons (Fsp3) is 0.682. The zero-order valence-electron chi connectivity index (χ0n) is 17.9. The van der Waals surface area contributed by atoms with Gasteiger partial charge < -0.3 is 24.1 Å². The number of ether oxygens (including phenoxy) is 4. The van der Waals surface area contributed by atoms with Gasteiger partial charge in [-0.15, -0.1) is 0 Å². The van der Waals surface area contributed by atoms with Crippen molar-refractivity contribution in [2.24, 2.45) is 17.3 Å². The molecule has 3 unspecified atom stereocenters. The minimum Gasteiger partial charge on any atom is -0.479 e. The Morgan fingerprint density at radius 1 is 1.37 bits per heavy atom. The molecule has 8 heteroatoms. The minimum atomic E-state index is -1.74. The van der Waals surface area contributed by atoms with Crippen molar-refractivity contribution in [2.45, 2.75) is 71.1 Å². The summed E-state index contributed by atoms with van der Waals surface area (Å²) >= 11 is 0. The van der Waals surface area contributed by atoms with E-state index in [4.69, 9.17) is 18.9 Å². The molecule has 8 nitrogen and oxygen atoms in total. The lowest BCUT2D eigenvalue weighted by molar-refractivity contribution is -0.267. The van der Waals surface area contributed by atoms with Crippen molar-refractivity contribution in [1.29, 1.82) is 0 Å². The van der Waals surface area contributed by atoms with Gasteiger partial charge in [0, 0.05) is 36.8 Å². The first-order valence-corrected chi connectivity index (χ1v) is 10.4. The van der Waals surface area contributed by atoms with Gasteiger partial charge in [0.25, 0.3) is 0 Å².